The highest BCUT2D eigenvalue weighted by Gasteiger charge is 2.13. The van der Waals surface area contributed by atoms with Crippen LogP contribution >= 0.6 is 0 Å². The van der Waals surface area contributed by atoms with Crippen molar-refractivity contribution in [2.24, 2.45) is 0 Å². The maximum atomic E-state index is 13.4. The second kappa shape index (κ2) is 6.46. The Morgan fingerprint density at radius 1 is 0.600 bits per heavy atom. The third-order valence-corrected chi connectivity index (χ3v) is 5.61. The van der Waals surface area contributed by atoms with Gasteiger partial charge in [0, 0.05) is 11.5 Å². The minimum atomic E-state index is -0.0638. The summed E-state index contributed by atoms with van der Waals surface area (Å²) in [7, 11) is 0. The van der Waals surface area contributed by atoms with Crippen LogP contribution in [0.1, 0.15) is 0 Å². The van der Waals surface area contributed by atoms with Crippen molar-refractivity contribution in [2.75, 3.05) is 0 Å². The molecule has 142 valence electrons. The van der Waals surface area contributed by atoms with Gasteiger partial charge in [0.05, 0.1) is 5.52 Å². The number of fused-ring (bicyclic) bond motifs is 4. The van der Waals surface area contributed by atoms with Crippen LogP contribution in [-0.2, 0) is 0 Å². The van der Waals surface area contributed by atoms with Crippen LogP contribution < -0.4 is 5.56 Å². The summed E-state index contributed by atoms with van der Waals surface area (Å²) in [5, 5.41) is 1.56. The zero-order chi connectivity index (χ0) is 20.1. The van der Waals surface area contributed by atoms with E-state index in [0.29, 0.717) is 16.7 Å². The van der Waals surface area contributed by atoms with Gasteiger partial charge in [-0.1, -0.05) is 72.8 Å². The smallest absolute Gasteiger partial charge is 0.265 e. The van der Waals surface area contributed by atoms with Gasteiger partial charge in [0.2, 0.25) is 5.71 Å². The van der Waals surface area contributed by atoms with Gasteiger partial charge in [-0.05, 0) is 51.9 Å². The van der Waals surface area contributed by atoms with E-state index in [9.17, 15) is 4.79 Å². The van der Waals surface area contributed by atoms with Gasteiger partial charge in [-0.3, -0.25) is 4.79 Å². The van der Waals surface area contributed by atoms with E-state index >= 15 is 0 Å². The minimum Gasteiger partial charge on any atom is -0.438 e. The van der Waals surface area contributed by atoms with Crippen molar-refractivity contribution in [3.05, 3.63) is 113 Å². The molecular weight excluding hydrogens is 370 g/mol. The topological polar surface area (TPSA) is 34.6 Å². The van der Waals surface area contributed by atoms with Crippen molar-refractivity contribution < 1.29 is 4.42 Å². The number of oxazole rings is 1. The molecule has 0 bridgehead atoms. The van der Waals surface area contributed by atoms with Gasteiger partial charge in [-0.15, -0.1) is 0 Å². The summed E-state index contributed by atoms with van der Waals surface area (Å²) in [5.41, 5.74) is 6.33. The Labute approximate surface area is 172 Å². The normalized spacial score (nSPS) is 11.5. The predicted octanol–water partition coefficient (Wildman–Crippen LogP) is 6.53. The van der Waals surface area contributed by atoms with E-state index in [4.69, 9.17) is 4.42 Å². The maximum absolute atomic E-state index is 13.4. The molecule has 30 heavy (non-hydrogen) atoms. The Balaban J connectivity index is 1.61. The molecule has 0 unspecified atom stereocenters. The predicted molar refractivity (Wildman–Crippen MR) is 122 cm³/mol. The van der Waals surface area contributed by atoms with Gasteiger partial charge in [-0.2, -0.15) is 0 Å². The Kier molecular flexibility index (Phi) is 3.62. The van der Waals surface area contributed by atoms with Crippen LogP contribution in [0.25, 0.3) is 49.8 Å². The average Bonchev–Trinajstić information content (AvgIpc) is 3.17. The molecule has 3 nitrogen and oxygen atoms in total. The fraction of sp³-hybridized carbons (Fsp3) is 0. The van der Waals surface area contributed by atoms with Crippen molar-refractivity contribution >= 4 is 27.6 Å². The second-order valence-electron chi connectivity index (χ2n) is 7.44. The lowest BCUT2D eigenvalue weighted by molar-refractivity contribution is 0.653. The molecular formula is C27H17NO2. The Morgan fingerprint density at radius 3 is 1.93 bits per heavy atom. The van der Waals surface area contributed by atoms with E-state index < -0.39 is 0 Å². The molecule has 3 heteroatoms. The summed E-state index contributed by atoms with van der Waals surface area (Å²) in [5.74, 6) is 0. The van der Waals surface area contributed by atoms with Gasteiger partial charge < -0.3 is 4.42 Å². The highest BCUT2D eigenvalue weighted by Crippen LogP contribution is 2.29. The SMILES string of the molecule is O=c1c2ccc(-c3ccccc3)cc2cc2oc3ccc(-c4ccccc4)cc3n12. The fourth-order valence-electron chi connectivity index (χ4n) is 4.11. The third-order valence-electron chi connectivity index (χ3n) is 5.61. The molecule has 0 saturated heterocycles. The molecule has 6 aromatic rings. The molecule has 6 rings (SSSR count). The number of rotatable bonds is 2. The molecule has 0 aliphatic heterocycles. The first kappa shape index (κ1) is 16.8. The van der Waals surface area contributed by atoms with E-state index in [0.717, 1.165) is 33.2 Å². The van der Waals surface area contributed by atoms with Crippen molar-refractivity contribution in [2.45, 2.75) is 0 Å². The molecule has 0 fully saturated rings. The molecule has 0 N–H and O–H groups in total. The van der Waals surface area contributed by atoms with Crippen LogP contribution in [0.2, 0.25) is 0 Å². The lowest BCUT2D eigenvalue weighted by Gasteiger charge is -2.05. The number of nitrogens with zero attached hydrogens (tertiary/aromatic N) is 1. The second-order valence-corrected chi connectivity index (χ2v) is 7.44. The zero-order valence-corrected chi connectivity index (χ0v) is 16.1. The quantitative estimate of drug-likeness (QED) is 0.338. The molecule has 0 atom stereocenters. The van der Waals surface area contributed by atoms with E-state index in [-0.39, 0.29) is 5.56 Å². The van der Waals surface area contributed by atoms with Crippen LogP contribution in [0.3, 0.4) is 0 Å². The fourth-order valence-corrected chi connectivity index (χ4v) is 4.11. The number of hydrogen-bond donors (Lipinski definition) is 0. The van der Waals surface area contributed by atoms with E-state index in [1.165, 1.54) is 0 Å². The number of benzene rings is 4. The zero-order valence-electron chi connectivity index (χ0n) is 16.1. The van der Waals surface area contributed by atoms with Crippen LogP contribution in [-0.4, -0.2) is 4.40 Å². The van der Waals surface area contributed by atoms with Gasteiger partial charge in [0.1, 0.15) is 0 Å². The van der Waals surface area contributed by atoms with E-state index in [2.05, 4.69) is 30.3 Å². The summed E-state index contributed by atoms with van der Waals surface area (Å²) in [6.45, 7) is 0. The summed E-state index contributed by atoms with van der Waals surface area (Å²) in [6.07, 6.45) is 0. The van der Waals surface area contributed by atoms with Gasteiger partial charge in [0.25, 0.3) is 5.56 Å². The van der Waals surface area contributed by atoms with Crippen LogP contribution in [0.4, 0.5) is 0 Å². The number of hydrogen-bond acceptors (Lipinski definition) is 2. The molecule has 0 radical (unpaired) electrons. The molecule has 2 aromatic heterocycles. The standard InChI is InChI=1S/C27H17NO2/c29-27-23-13-11-20(18-7-3-1-4-8-18)15-22(23)17-26-28(27)24-16-21(12-14-25(24)30-26)19-9-5-2-6-10-19/h1-17H. The third kappa shape index (κ3) is 2.56. The molecule has 4 aromatic carbocycles. The van der Waals surface area contributed by atoms with Gasteiger partial charge >= 0.3 is 0 Å². The average molecular weight is 387 g/mol. The largest absolute Gasteiger partial charge is 0.438 e. The van der Waals surface area contributed by atoms with Crippen LogP contribution in [0.5, 0.6) is 0 Å². The molecule has 0 amide bonds. The van der Waals surface area contributed by atoms with Gasteiger partial charge in [0.15, 0.2) is 5.58 Å². The highest BCUT2D eigenvalue weighted by atomic mass is 16.3. The maximum Gasteiger partial charge on any atom is 0.265 e. The van der Waals surface area contributed by atoms with E-state index in [1.807, 2.05) is 72.8 Å². The van der Waals surface area contributed by atoms with Crippen LogP contribution in [0, 0.1) is 0 Å². The molecule has 0 aliphatic carbocycles. The summed E-state index contributed by atoms with van der Waals surface area (Å²) in [6, 6.07) is 34.2. The lowest BCUT2D eigenvalue weighted by Crippen LogP contribution is -2.12. The van der Waals surface area contributed by atoms with Crippen molar-refractivity contribution in [3.8, 4) is 22.3 Å². The van der Waals surface area contributed by atoms with E-state index in [1.54, 1.807) is 4.40 Å². The summed E-state index contributed by atoms with van der Waals surface area (Å²) >= 11 is 0. The number of aromatic nitrogens is 1. The highest BCUT2D eigenvalue weighted by molar-refractivity contribution is 5.92. The first-order valence-electron chi connectivity index (χ1n) is 9.91. The molecule has 2 heterocycles. The summed E-state index contributed by atoms with van der Waals surface area (Å²) < 4.78 is 7.71. The number of pyridine rings is 1. The molecule has 0 aliphatic rings. The monoisotopic (exact) mass is 387 g/mol. The first-order valence-corrected chi connectivity index (χ1v) is 9.91. The van der Waals surface area contributed by atoms with Crippen molar-refractivity contribution in [1.82, 2.24) is 4.40 Å². The first-order chi connectivity index (χ1) is 14.8. The Hall–Kier alpha value is -4.11. The Morgan fingerprint density at radius 2 is 1.23 bits per heavy atom. The summed E-state index contributed by atoms with van der Waals surface area (Å²) in [4.78, 5) is 13.4. The minimum absolute atomic E-state index is 0.0638. The Bertz CT molecular complexity index is 1590. The lowest BCUT2D eigenvalue weighted by atomic mass is 10.0. The van der Waals surface area contributed by atoms with Crippen molar-refractivity contribution in [3.63, 3.8) is 0 Å². The van der Waals surface area contributed by atoms with Crippen LogP contribution in [0.15, 0.2) is 112 Å². The molecule has 0 spiro atoms. The van der Waals surface area contributed by atoms with Gasteiger partial charge in [-0.25, -0.2) is 4.40 Å². The van der Waals surface area contributed by atoms with Crippen molar-refractivity contribution in [1.29, 1.82) is 0 Å². The molecule has 0 saturated carbocycles.